The van der Waals surface area contributed by atoms with Gasteiger partial charge in [0, 0.05) is 17.4 Å². The van der Waals surface area contributed by atoms with Crippen LogP contribution in [0.3, 0.4) is 0 Å². The minimum atomic E-state index is -0.852. The van der Waals surface area contributed by atoms with E-state index in [0.717, 1.165) is 18.4 Å². The van der Waals surface area contributed by atoms with Gasteiger partial charge in [-0.15, -0.1) is 0 Å². The van der Waals surface area contributed by atoms with Gasteiger partial charge in [-0.2, -0.15) is 0 Å². The minimum Gasteiger partial charge on any atom is -0.508 e. The molecule has 0 bridgehead atoms. The van der Waals surface area contributed by atoms with E-state index >= 15 is 0 Å². The highest BCUT2D eigenvalue weighted by Crippen LogP contribution is 2.54. The van der Waals surface area contributed by atoms with E-state index in [0.29, 0.717) is 23.8 Å². The summed E-state index contributed by atoms with van der Waals surface area (Å²) in [6, 6.07) is 3.62. The SMILES string of the molecule is CCOC(=O)C(C)(C)c1cc(O)c2c(c1)OC(C)(C)C1CC=C(C)C[C@@H]21. The number of allylic oxidation sites excluding steroid dienone is 2. The summed E-state index contributed by atoms with van der Waals surface area (Å²) in [6.45, 7) is 12.1. The molecule has 0 aromatic heterocycles. The van der Waals surface area contributed by atoms with Crippen molar-refractivity contribution in [2.45, 2.75) is 71.3 Å². The predicted octanol–water partition coefficient (Wildman–Crippen LogP) is 4.84. The van der Waals surface area contributed by atoms with Crippen LogP contribution in [0.15, 0.2) is 23.8 Å². The fraction of sp³-hybridized carbons (Fsp3) is 0.591. The van der Waals surface area contributed by atoms with Crippen LogP contribution in [0.5, 0.6) is 11.5 Å². The van der Waals surface area contributed by atoms with Crippen molar-refractivity contribution in [3.8, 4) is 11.5 Å². The van der Waals surface area contributed by atoms with Crippen LogP contribution in [0.25, 0.3) is 0 Å². The lowest BCUT2D eigenvalue weighted by Crippen LogP contribution is -2.45. The van der Waals surface area contributed by atoms with Gasteiger partial charge < -0.3 is 14.6 Å². The molecular weight excluding hydrogens is 328 g/mol. The standard InChI is InChI=1S/C22H30O4/c1-7-25-20(24)21(3,4)14-11-17(23)19-15-10-13(2)8-9-16(15)22(5,6)26-18(19)12-14/h8,11-12,15-16,23H,7,9-10H2,1-6H3/t15-,16?/m1/s1. The average molecular weight is 358 g/mol. The van der Waals surface area contributed by atoms with Crippen LogP contribution in [0, 0.1) is 5.92 Å². The van der Waals surface area contributed by atoms with E-state index in [1.807, 2.05) is 19.9 Å². The Hall–Kier alpha value is -1.97. The Balaban J connectivity index is 2.09. The Morgan fingerprint density at radius 1 is 1.38 bits per heavy atom. The van der Waals surface area contributed by atoms with E-state index in [2.05, 4.69) is 26.8 Å². The molecule has 0 saturated heterocycles. The van der Waals surface area contributed by atoms with Crippen molar-refractivity contribution < 1.29 is 19.4 Å². The number of phenolic OH excluding ortho intramolecular Hbond substituents is 1. The maximum absolute atomic E-state index is 12.4. The molecule has 3 rings (SSSR count). The maximum atomic E-state index is 12.4. The number of benzene rings is 1. The van der Waals surface area contributed by atoms with Crippen LogP contribution in [-0.2, 0) is 14.9 Å². The third kappa shape index (κ3) is 3.00. The number of hydrogen-bond acceptors (Lipinski definition) is 4. The third-order valence-corrected chi connectivity index (χ3v) is 6.01. The van der Waals surface area contributed by atoms with E-state index in [9.17, 15) is 9.90 Å². The Kier molecular flexibility index (Phi) is 4.58. The van der Waals surface area contributed by atoms with Crippen LogP contribution in [0.2, 0.25) is 0 Å². The second-order valence-corrected chi connectivity index (χ2v) is 8.66. The smallest absolute Gasteiger partial charge is 0.315 e. The summed E-state index contributed by atoms with van der Waals surface area (Å²) >= 11 is 0. The minimum absolute atomic E-state index is 0.218. The van der Waals surface area contributed by atoms with Gasteiger partial charge in [-0.3, -0.25) is 4.79 Å². The van der Waals surface area contributed by atoms with E-state index < -0.39 is 5.41 Å². The molecule has 1 aromatic carbocycles. The summed E-state index contributed by atoms with van der Waals surface area (Å²) < 4.78 is 11.6. The molecule has 142 valence electrons. The molecule has 0 amide bonds. The number of carbonyl (C=O) groups excluding carboxylic acids is 1. The molecule has 1 aliphatic carbocycles. The van der Waals surface area contributed by atoms with Gasteiger partial charge in [-0.05, 0) is 72.1 Å². The van der Waals surface area contributed by atoms with Crippen LogP contribution in [0.4, 0.5) is 0 Å². The van der Waals surface area contributed by atoms with E-state index in [4.69, 9.17) is 9.47 Å². The first-order chi connectivity index (χ1) is 12.1. The largest absolute Gasteiger partial charge is 0.508 e. The average Bonchev–Trinajstić information content (AvgIpc) is 2.53. The van der Waals surface area contributed by atoms with Crippen molar-refractivity contribution in [2.24, 2.45) is 5.92 Å². The van der Waals surface area contributed by atoms with Gasteiger partial charge in [-0.25, -0.2) is 0 Å². The number of rotatable bonds is 3. The van der Waals surface area contributed by atoms with Gasteiger partial charge >= 0.3 is 5.97 Å². The van der Waals surface area contributed by atoms with Crippen molar-refractivity contribution >= 4 is 5.97 Å². The molecule has 26 heavy (non-hydrogen) atoms. The molecule has 1 unspecified atom stereocenters. The summed E-state index contributed by atoms with van der Waals surface area (Å²) in [4.78, 5) is 12.4. The molecule has 0 saturated carbocycles. The Labute approximate surface area is 156 Å². The molecule has 0 radical (unpaired) electrons. The van der Waals surface area contributed by atoms with Gasteiger partial charge in [0.2, 0.25) is 0 Å². The number of phenols is 1. The van der Waals surface area contributed by atoms with Gasteiger partial charge in [-0.1, -0.05) is 11.6 Å². The van der Waals surface area contributed by atoms with Crippen molar-refractivity contribution in [1.82, 2.24) is 0 Å². The lowest BCUT2D eigenvalue weighted by atomic mass is 9.67. The summed E-state index contributed by atoms with van der Waals surface area (Å²) in [5, 5.41) is 10.9. The number of hydrogen-bond donors (Lipinski definition) is 1. The topological polar surface area (TPSA) is 55.8 Å². The summed E-state index contributed by atoms with van der Waals surface area (Å²) in [7, 11) is 0. The highest BCUT2D eigenvalue weighted by atomic mass is 16.5. The van der Waals surface area contributed by atoms with Crippen LogP contribution < -0.4 is 4.74 Å². The molecule has 1 heterocycles. The van der Waals surface area contributed by atoms with Crippen molar-refractivity contribution in [2.75, 3.05) is 6.61 Å². The predicted molar refractivity (Wildman–Crippen MR) is 102 cm³/mol. The molecule has 0 spiro atoms. The van der Waals surface area contributed by atoms with Crippen molar-refractivity contribution in [3.63, 3.8) is 0 Å². The van der Waals surface area contributed by atoms with E-state index in [1.54, 1.807) is 13.0 Å². The monoisotopic (exact) mass is 358 g/mol. The summed E-state index contributed by atoms with van der Waals surface area (Å²) in [5.41, 5.74) is 1.77. The number of aromatic hydroxyl groups is 1. The Morgan fingerprint density at radius 3 is 2.73 bits per heavy atom. The van der Waals surface area contributed by atoms with E-state index in [-0.39, 0.29) is 23.2 Å². The number of fused-ring (bicyclic) bond motifs is 3. The molecule has 4 heteroatoms. The zero-order chi connectivity index (χ0) is 19.3. The first kappa shape index (κ1) is 18.8. The summed E-state index contributed by atoms with van der Waals surface area (Å²) in [6.07, 6.45) is 4.17. The third-order valence-electron chi connectivity index (χ3n) is 6.01. The molecule has 2 atom stereocenters. The quantitative estimate of drug-likeness (QED) is 0.620. The zero-order valence-electron chi connectivity index (χ0n) is 16.7. The highest BCUT2D eigenvalue weighted by Gasteiger charge is 2.46. The lowest BCUT2D eigenvalue weighted by molar-refractivity contribution is -0.148. The highest BCUT2D eigenvalue weighted by molar-refractivity contribution is 5.82. The molecule has 1 N–H and O–H groups in total. The Morgan fingerprint density at radius 2 is 2.08 bits per heavy atom. The van der Waals surface area contributed by atoms with Crippen molar-refractivity contribution in [3.05, 3.63) is 34.9 Å². The normalized spacial score (nSPS) is 24.0. The van der Waals surface area contributed by atoms with Crippen LogP contribution in [-0.4, -0.2) is 23.3 Å². The molecule has 1 aromatic rings. The van der Waals surface area contributed by atoms with Gasteiger partial charge in [0.05, 0.1) is 12.0 Å². The zero-order valence-corrected chi connectivity index (χ0v) is 16.7. The molecule has 0 fully saturated rings. The van der Waals surface area contributed by atoms with E-state index in [1.165, 1.54) is 5.57 Å². The van der Waals surface area contributed by atoms with Crippen LogP contribution in [0.1, 0.15) is 71.4 Å². The molecular formula is C22H30O4. The van der Waals surface area contributed by atoms with Gasteiger partial charge in [0.1, 0.15) is 17.1 Å². The fourth-order valence-electron chi connectivity index (χ4n) is 4.35. The number of esters is 1. The Bertz CT molecular complexity index is 758. The maximum Gasteiger partial charge on any atom is 0.315 e. The second-order valence-electron chi connectivity index (χ2n) is 8.66. The number of ether oxygens (including phenoxy) is 2. The first-order valence-corrected chi connectivity index (χ1v) is 9.47. The fourth-order valence-corrected chi connectivity index (χ4v) is 4.35. The lowest BCUT2D eigenvalue weighted by Gasteiger charge is -2.47. The molecule has 1 aliphatic heterocycles. The first-order valence-electron chi connectivity index (χ1n) is 9.47. The molecule has 4 nitrogen and oxygen atoms in total. The summed E-state index contributed by atoms with van der Waals surface area (Å²) in [5.74, 6) is 1.17. The molecule has 2 aliphatic rings. The number of carbonyl (C=O) groups is 1. The van der Waals surface area contributed by atoms with Crippen LogP contribution >= 0.6 is 0 Å². The van der Waals surface area contributed by atoms with Gasteiger partial charge in [0.25, 0.3) is 0 Å². The van der Waals surface area contributed by atoms with Crippen molar-refractivity contribution in [1.29, 1.82) is 0 Å². The second kappa shape index (κ2) is 6.33. The van der Waals surface area contributed by atoms with Gasteiger partial charge in [0.15, 0.2) is 0 Å².